The van der Waals surface area contributed by atoms with Crippen molar-refractivity contribution < 1.29 is 4.42 Å². The fourth-order valence-electron chi connectivity index (χ4n) is 9.84. The maximum atomic E-state index is 6.66. The van der Waals surface area contributed by atoms with Crippen molar-refractivity contribution >= 4 is 54.3 Å². The van der Waals surface area contributed by atoms with Crippen molar-refractivity contribution in [2.24, 2.45) is 0 Å². The lowest BCUT2D eigenvalue weighted by molar-refractivity contribution is 0.669. The lowest BCUT2D eigenvalue weighted by Crippen LogP contribution is -1.94. The van der Waals surface area contributed by atoms with Crippen molar-refractivity contribution in [3.8, 4) is 66.8 Å². The van der Waals surface area contributed by atoms with Crippen molar-refractivity contribution in [3.63, 3.8) is 0 Å². The standard InChI is InChI=1S/C60H38O/c1-4-18-39(19-5-1)42-32-33-43(40-20-6-2-7-21-40)54(38-42)52-36-37-56-60(53-30-16-17-31-55(53)61-56)59(52)51-35-34-50(44-24-10-11-25-45(44)51)58-48-28-14-12-26-46(48)57(41-22-8-3-9-23-41)47-27-13-15-29-49(47)58/h1-38H. The number of furan rings is 1. The van der Waals surface area contributed by atoms with Crippen molar-refractivity contribution in [1.29, 1.82) is 0 Å². The van der Waals surface area contributed by atoms with Crippen LogP contribution in [0.15, 0.2) is 235 Å². The Kier molecular flexibility index (Phi) is 8.25. The van der Waals surface area contributed by atoms with Crippen LogP contribution in [0.1, 0.15) is 0 Å². The Labute approximate surface area is 354 Å². The van der Waals surface area contributed by atoms with Gasteiger partial charge in [0.25, 0.3) is 0 Å². The van der Waals surface area contributed by atoms with Crippen LogP contribution < -0.4 is 0 Å². The zero-order chi connectivity index (χ0) is 40.3. The Morgan fingerprint density at radius 2 is 0.656 bits per heavy atom. The summed E-state index contributed by atoms with van der Waals surface area (Å²) in [5.74, 6) is 0. The van der Waals surface area contributed by atoms with E-state index in [2.05, 4.69) is 231 Å². The minimum Gasteiger partial charge on any atom is -0.456 e. The van der Waals surface area contributed by atoms with Gasteiger partial charge in [-0.3, -0.25) is 0 Å². The van der Waals surface area contributed by atoms with Gasteiger partial charge in [-0.25, -0.2) is 0 Å². The minimum absolute atomic E-state index is 0.877. The Morgan fingerprint density at radius 1 is 0.213 bits per heavy atom. The van der Waals surface area contributed by atoms with Crippen LogP contribution in [0.3, 0.4) is 0 Å². The Bertz CT molecular complexity index is 3560. The molecule has 12 aromatic rings. The summed E-state index contributed by atoms with van der Waals surface area (Å²) in [6.45, 7) is 0. The highest BCUT2D eigenvalue weighted by molar-refractivity contribution is 6.25. The van der Waals surface area contributed by atoms with E-state index in [4.69, 9.17) is 4.42 Å². The van der Waals surface area contributed by atoms with E-state index in [1.807, 2.05) is 0 Å². The molecule has 1 heteroatoms. The van der Waals surface area contributed by atoms with Crippen LogP contribution >= 0.6 is 0 Å². The Morgan fingerprint density at radius 3 is 1.26 bits per heavy atom. The minimum atomic E-state index is 0.877. The molecular weight excluding hydrogens is 737 g/mol. The maximum absolute atomic E-state index is 6.66. The van der Waals surface area contributed by atoms with E-state index in [0.29, 0.717) is 0 Å². The summed E-state index contributed by atoms with van der Waals surface area (Å²) in [6, 6.07) is 83.8. The van der Waals surface area contributed by atoms with Crippen molar-refractivity contribution in [1.82, 2.24) is 0 Å². The lowest BCUT2D eigenvalue weighted by atomic mass is 9.81. The molecule has 0 amide bonds. The van der Waals surface area contributed by atoms with E-state index in [9.17, 15) is 0 Å². The first kappa shape index (κ1) is 35.0. The highest BCUT2D eigenvalue weighted by Gasteiger charge is 2.24. The van der Waals surface area contributed by atoms with Crippen LogP contribution in [0.2, 0.25) is 0 Å². The summed E-state index contributed by atoms with van der Waals surface area (Å²) in [5, 5.41) is 9.62. The van der Waals surface area contributed by atoms with E-state index in [1.165, 1.54) is 93.5 Å². The number of benzene rings is 11. The summed E-state index contributed by atoms with van der Waals surface area (Å²) >= 11 is 0. The van der Waals surface area contributed by atoms with Crippen LogP contribution in [-0.4, -0.2) is 0 Å². The van der Waals surface area contributed by atoms with Gasteiger partial charge < -0.3 is 4.42 Å². The zero-order valence-corrected chi connectivity index (χ0v) is 33.3. The first-order chi connectivity index (χ1) is 30.3. The molecule has 0 saturated heterocycles. The second kappa shape index (κ2) is 14.4. The molecule has 0 saturated carbocycles. The van der Waals surface area contributed by atoms with Crippen molar-refractivity contribution in [2.45, 2.75) is 0 Å². The van der Waals surface area contributed by atoms with Crippen LogP contribution in [0.5, 0.6) is 0 Å². The molecular formula is C60H38O. The fraction of sp³-hybridized carbons (Fsp3) is 0. The van der Waals surface area contributed by atoms with Gasteiger partial charge in [0.05, 0.1) is 0 Å². The number of fused-ring (bicyclic) bond motifs is 6. The molecule has 12 rings (SSSR count). The molecule has 0 aliphatic rings. The van der Waals surface area contributed by atoms with Gasteiger partial charge in [-0.2, -0.15) is 0 Å². The average Bonchev–Trinajstić information content (AvgIpc) is 3.72. The fourth-order valence-corrected chi connectivity index (χ4v) is 9.84. The van der Waals surface area contributed by atoms with Gasteiger partial charge >= 0.3 is 0 Å². The van der Waals surface area contributed by atoms with E-state index < -0.39 is 0 Å². The molecule has 0 spiro atoms. The van der Waals surface area contributed by atoms with Crippen molar-refractivity contribution in [2.75, 3.05) is 0 Å². The predicted molar refractivity (Wildman–Crippen MR) is 259 cm³/mol. The lowest BCUT2D eigenvalue weighted by Gasteiger charge is -2.21. The van der Waals surface area contributed by atoms with Crippen LogP contribution in [0, 0.1) is 0 Å². The maximum Gasteiger partial charge on any atom is 0.136 e. The van der Waals surface area contributed by atoms with Crippen LogP contribution in [0.4, 0.5) is 0 Å². The first-order valence-corrected chi connectivity index (χ1v) is 21.0. The van der Waals surface area contributed by atoms with Gasteiger partial charge in [-0.1, -0.05) is 206 Å². The molecule has 0 aliphatic carbocycles. The predicted octanol–water partition coefficient (Wildman–Crippen LogP) is 17.0. The van der Waals surface area contributed by atoms with Crippen LogP contribution in [-0.2, 0) is 0 Å². The molecule has 0 atom stereocenters. The van der Waals surface area contributed by atoms with Gasteiger partial charge in [-0.05, 0) is 118 Å². The van der Waals surface area contributed by atoms with Crippen LogP contribution in [0.25, 0.3) is 121 Å². The van der Waals surface area contributed by atoms with Gasteiger partial charge in [0.15, 0.2) is 0 Å². The van der Waals surface area contributed by atoms with E-state index in [-0.39, 0.29) is 0 Å². The normalized spacial score (nSPS) is 11.6. The molecule has 1 heterocycles. The Balaban J connectivity index is 1.19. The molecule has 1 aromatic heterocycles. The summed E-state index contributed by atoms with van der Waals surface area (Å²) in [4.78, 5) is 0. The third kappa shape index (κ3) is 5.70. The molecule has 61 heavy (non-hydrogen) atoms. The number of hydrogen-bond acceptors (Lipinski definition) is 1. The summed E-state index contributed by atoms with van der Waals surface area (Å²) in [7, 11) is 0. The molecule has 1 nitrogen and oxygen atoms in total. The zero-order valence-electron chi connectivity index (χ0n) is 33.3. The van der Waals surface area contributed by atoms with E-state index in [0.717, 1.165) is 27.5 Å². The summed E-state index contributed by atoms with van der Waals surface area (Å²) < 4.78 is 6.66. The summed E-state index contributed by atoms with van der Waals surface area (Å²) in [5.41, 5.74) is 16.1. The van der Waals surface area contributed by atoms with E-state index >= 15 is 0 Å². The first-order valence-electron chi connectivity index (χ1n) is 21.0. The van der Waals surface area contributed by atoms with Gasteiger partial charge in [0.2, 0.25) is 0 Å². The number of para-hydroxylation sites is 1. The second-order valence-electron chi connectivity index (χ2n) is 15.9. The highest BCUT2D eigenvalue weighted by Crippen LogP contribution is 2.50. The summed E-state index contributed by atoms with van der Waals surface area (Å²) in [6.07, 6.45) is 0. The molecule has 284 valence electrons. The Hall–Kier alpha value is -8.00. The van der Waals surface area contributed by atoms with Gasteiger partial charge in [-0.15, -0.1) is 0 Å². The molecule has 0 N–H and O–H groups in total. The van der Waals surface area contributed by atoms with Gasteiger partial charge in [0, 0.05) is 16.3 Å². The van der Waals surface area contributed by atoms with Gasteiger partial charge in [0.1, 0.15) is 11.2 Å². The average molecular weight is 775 g/mol. The third-order valence-corrected chi connectivity index (χ3v) is 12.5. The largest absolute Gasteiger partial charge is 0.456 e. The number of rotatable bonds is 6. The molecule has 0 fully saturated rings. The molecule has 0 aliphatic heterocycles. The monoisotopic (exact) mass is 774 g/mol. The number of hydrogen-bond donors (Lipinski definition) is 0. The SMILES string of the molecule is c1ccc(-c2ccc(-c3ccccc3)c(-c3ccc4oc5ccccc5c4c3-c3ccc(-c4c5ccccc5c(-c5ccccc5)c5ccccc45)c4ccccc34)c2)cc1. The molecule has 0 unspecified atom stereocenters. The smallest absolute Gasteiger partial charge is 0.136 e. The molecule has 0 bridgehead atoms. The topological polar surface area (TPSA) is 13.1 Å². The molecule has 0 radical (unpaired) electrons. The highest BCUT2D eigenvalue weighted by atomic mass is 16.3. The third-order valence-electron chi connectivity index (χ3n) is 12.5. The van der Waals surface area contributed by atoms with E-state index in [1.54, 1.807) is 0 Å². The van der Waals surface area contributed by atoms with Crippen molar-refractivity contribution in [3.05, 3.63) is 231 Å². The quantitative estimate of drug-likeness (QED) is 0.153. The molecule has 11 aromatic carbocycles. The second-order valence-corrected chi connectivity index (χ2v) is 15.9.